The normalized spacial score (nSPS) is 21.0. The number of carbonyl (C=O) groups is 1. The van der Waals surface area contributed by atoms with Crippen molar-refractivity contribution in [3.8, 4) is 0 Å². The van der Waals surface area contributed by atoms with E-state index in [0.29, 0.717) is 13.0 Å². The molecule has 17 heavy (non-hydrogen) atoms. The summed E-state index contributed by atoms with van der Waals surface area (Å²) in [7, 11) is 0. The Morgan fingerprint density at radius 1 is 1.53 bits per heavy atom. The maximum absolute atomic E-state index is 11.6. The summed E-state index contributed by atoms with van der Waals surface area (Å²) >= 11 is 0. The molecular formula is C14H20NO2+. The van der Waals surface area contributed by atoms with E-state index in [9.17, 15) is 4.79 Å². The van der Waals surface area contributed by atoms with Gasteiger partial charge in [-0.15, -0.1) is 0 Å². The van der Waals surface area contributed by atoms with Gasteiger partial charge in [0.25, 0.3) is 0 Å². The molecule has 0 aliphatic carbocycles. The van der Waals surface area contributed by atoms with E-state index >= 15 is 0 Å². The standard InChI is InChI=1S/C14H20NO2/c1-4-17-13(16)9-11-10-14(2,3)12-7-5-6-8-15(11)12/h5-8,11H,4,9-10H2,1-3H3/q+1. The van der Waals surface area contributed by atoms with Crippen LogP contribution in [0.4, 0.5) is 0 Å². The number of ether oxygens (including phenoxy) is 1. The first-order chi connectivity index (χ1) is 8.04. The Balaban J connectivity index is 2.20. The lowest BCUT2D eigenvalue weighted by Crippen LogP contribution is -2.39. The van der Waals surface area contributed by atoms with E-state index in [2.05, 4.69) is 36.7 Å². The second kappa shape index (κ2) is 4.47. The van der Waals surface area contributed by atoms with Crippen LogP contribution < -0.4 is 4.57 Å². The zero-order valence-corrected chi connectivity index (χ0v) is 10.8. The molecule has 0 spiro atoms. The lowest BCUT2D eigenvalue weighted by atomic mass is 9.86. The maximum atomic E-state index is 11.6. The summed E-state index contributed by atoms with van der Waals surface area (Å²) in [5.74, 6) is -0.0995. The highest BCUT2D eigenvalue weighted by atomic mass is 16.5. The molecule has 0 radical (unpaired) electrons. The van der Waals surface area contributed by atoms with Crippen LogP contribution in [0.15, 0.2) is 24.4 Å². The van der Waals surface area contributed by atoms with Crippen LogP contribution in [0.2, 0.25) is 0 Å². The zero-order valence-electron chi connectivity index (χ0n) is 10.8. The summed E-state index contributed by atoms with van der Waals surface area (Å²) in [4.78, 5) is 11.6. The molecule has 1 aliphatic rings. The highest BCUT2D eigenvalue weighted by Gasteiger charge is 2.44. The van der Waals surface area contributed by atoms with Gasteiger partial charge in [0, 0.05) is 18.6 Å². The van der Waals surface area contributed by atoms with Crippen LogP contribution >= 0.6 is 0 Å². The van der Waals surface area contributed by atoms with Crippen molar-refractivity contribution in [3.63, 3.8) is 0 Å². The molecule has 3 nitrogen and oxygen atoms in total. The third-order valence-electron chi connectivity index (χ3n) is 3.43. The topological polar surface area (TPSA) is 30.2 Å². The Kier molecular flexibility index (Phi) is 3.18. The molecule has 0 saturated carbocycles. The lowest BCUT2D eigenvalue weighted by molar-refractivity contribution is -0.716. The van der Waals surface area contributed by atoms with Gasteiger partial charge in [-0.05, 0) is 20.8 Å². The summed E-state index contributed by atoms with van der Waals surface area (Å²) < 4.78 is 7.25. The lowest BCUT2D eigenvalue weighted by Gasteiger charge is -2.11. The fourth-order valence-electron chi connectivity index (χ4n) is 2.72. The Morgan fingerprint density at radius 3 is 3.00 bits per heavy atom. The molecule has 0 aromatic carbocycles. The van der Waals surface area contributed by atoms with E-state index in [1.807, 2.05) is 13.0 Å². The summed E-state index contributed by atoms with van der Waals surface area (Å²) in [5, 5.41) is 0. The number of fused-ring (bicyclic) bond motifs is 1. The van der Waals surface area contributed by atoms with Crippen LogP contribution in [0.5, 0.6) is 0 Å². The second-order valence-corrected chi connectivity index (χ2v) is 5.24. The third kappa shape index (κ3) is 2.33. The molecule has 0 bridgehead atoms. The average Bonchev–Trinajstić information content (AvgIpc) is 2.52. The van der Waals surface area contributed by atoms with E-state index < -0.39 is 0 Å². The number of hydrogen-bond acceptors (Lipinski definition) is 2. The summed E-state index contributed by atoms with van der Waals surface area (Å²) in [6, 6.07) is 6.45. The number of hydrogen-bond donors (Lipinski definition) is 0. The molecule has 3 heteroatoms. The minimum absolute atomic E-state index is 0.0995. The number of rotatable bonds is 3. The molecule has 92 valence electrons. The molecule has 1 unspecified atom stereocenters. The fourth-order valence-corrected chi connectivity index (χ4v) is 2.72. The SMILES string of the molecule is CCOC(=O)CC1CC(C)(C)c2cccc[n+]21. The van der Waals surface area contributed by atoms with Crippen LogP contribution in [-0.4, -0.2) is 12.6 Å². The van der Waals surface area contributed by atoms with Gasteiger partial charge in [-0.25, -0.2) is 0 Å². The molecule has 1 aromatic rings. The van der Waals surface area contributed by atoms with Crippen LogP contribution in [-0.2, 0) is 14.9 Å². The van der Waals surface area contributed by atoms with Gasteiger partial charge in [0.2, 0.25) is 0 Å². The van der Waals surface area contributed by atoms with Crippen LogP contribution in [0.25, 0.3) is 0 Å². The highest BCUT2D eigenvalue weighted by Crippen LogP contribution is 2.36. The van der Waals surface area contributed by atoms with Crippen LogP contribution in [0.1, 0.15) is 45.3 Å². The van der Waals surface area contributed by atoms with Gasteiger partial charge in [-0.2, -0.15) is 4.57 Å². The molecular weight excluding hydrogens is 214 g/mol. The Morgan fingerprint density at radius 2 is 2.29 bits per heavy atom. The quantitative estimate of drug-likeness (QED) is 0.592. The van der Waals surface area contributed by atoms with E-state index in [1.165, 1.54) is 5.69 Å². The van der Waals surface area contributed by atoms with E-state index in [4.69, 9.17) is 4.74 Å². The minimum Gasteiger partial charge on any atom is -0.466 e. The van der Waals surface area contributed by atoms with Gasteiger partial charge in [-0.3, -0.25) is 4.79 Å². The number of aromatic nitrogens is 1. The highest BCUT2D eigenvalue weighted by molar-refractivity contribution is 5.69. The molecule has 1 aliphatic heterocycles. The van der Waals surface area contributed by atoms with E-state index in [1.54, 1.807) is 0 Å². The van der Waals surface area contributed by atoms with Gasteiger partial charge in [0.15, 0.2) is 17.9 Å². The smallest absolute Gasteiger partial charge is 0.312 e. The monoisotopic (exact) mass is 234 g/mol. The molecule has 1 atom stereocenters. The van der Waals surface area contributed by atoms with Gasteiger partial charge in [0.1, 0.15) is 6.42 Å². The minimum atomic E-state index is -0.0995. The number of carbonyl (C=O) groups excluding carboxylic acids is 1. The Bertz CT molecular complexity index is 426. The Hall–Kier alpha value is -1.38. The van der Waals surface area contributed by atoms with Gasteiger partial charge in [0.05, 0.1) is 12.0 Å². The maximum Gasteiger partial charge on any atom is 0.312 e. The van der Waals surface area contributed by atoms with Crippen molar-refractivity contribution in [1.29, 1.82) is 0 Å². The predicted octanol–water partition coefficient (Wildman–Crippen LogP) is 2.15. The summed E-state index contributed by atoms with van der Waals surface area (Å²) in [6.07, 6.45) is 3.53. The number of pyridine rings is 1. The summed E-state index contributed by atoms with van der Waals surface area (Å²) in [6.45, 7) is 6.76. The third-order valence-corrected chi connectivity index (χ3v) is 3.43. The van der Waals surface area contributed by atoms with Crippen LogP contribution in [0, 0.1) is 0 Å². The van der Waals surface area contributed by atoms with Crippen LogP contribution in [0.3, 0.4) is 0 Å². The predicted molar refractivity (Wildman–Crippen MR) is 64.6 cm³/mol. The van der Waals surface area contributed by atoms with Crippen molar-refractivity contribution >= 4 is 5.97 Å². The van der Waals surface area contributed by atoms with Crippen molar-refractivity contribution in [2.24, 2.45) is 0 Å². The van der Waals surface area contributed by atoms with Crippen molar-refractivity contribution in [2.45, 2.75) is 45.1 Å². The first-order valence-corrected chi connectivity index (χ1v) is 6.21. The van der Waals surface area contributed by atoms with Crippen molar-refractivity contribution < 1.29 is 14.1 Å². The molecule has 1 aromatic heterocycles. The summed E-state index contributed by atoms with van der Waals surface area (Å²) in [5.41, 5.74) is 1.44. The first-order valence-electron chi connectivity index (χ1n) is 6.21. The number of nitrogens with zero attached hydrogens (tertiary/aromatic N) is 1. The van der Waals surface area contributed by atoms with E-state index in [-0.39, 0.29) is 17.4 Å². The number of esters is 1. The molecule has 0 fully saturated rings. The molecule has 2 rings (SSSR count). The molecule has 0 amide bonds. The first kappa shape index (κ1) is 12.1. The second-order valence-electron chi connectivity index (χ2n) is 5.24. The fraction of sp³-hybridized carbons (Fsp3) is 0.571. The Labute approximate surface area is 102 Å². The largest absolute Gasteiger partial charge is 0.466 e. The molecule has 2 heterocycles. The van der Waals surface area contributed by atoms with Crippen molar-refractivity contribution in [1.82, 2.24) is 0 Å². The molecule has 0 saturated heterocycles. The van der Waals surface area contributed by atoms with Gasteiger partial charge < -0.3 is 4.74 Å². The van der Waals surface area contributed by atoms with E-state index in [0.717, 1.165) is 6.42 Å². The van der Waals surface area contributed by atoms with Crippen molar-refractivity contribution in [3.05, 3.63) is 30.1 Å². The van der Waals surface area contributed by atoms with Gasteiger partial charge in [-0.1, -0.05) is 6.07 Å². The molecule has 0 N–H and O–H groups in total. The van der Waals surface area contributed by atoms with Crippen molar-refractivity contribution in [2.75, 3.05) is 6.61 Å². The zero-order chi connectivity index (χ0) is 12.5. The van der Waals surface area contributed by atoms with Gasteiger partial charge >= 0.3 is 5.97 Å². The average molecular weight is 234 g/mol.